The molecule has 0 aromatic heterocycles. The lowest BCUT2D eigenvalue weighted by atomic mass is 9.82. The Labute approximate surface area is 106 Å². The summed E-state index contributed by atoms with van der Waals surface area (Å²) in [7, 11) is 0. The van der Waals surface area contributed by atoms with Crippen LogP contribution in [-0.2, 0) is 4.74 Å². The van der Waals surface area contributed by atoms with Crippen LogP contribution in [0.25, 0.3) is 0 Å². The fourth-order valence-electron chi connectivity index (χ4n) is 3.23. The summed E-state index contributed by atoms with van der Waals surface area (Å²) >= 11 is 0. The zero-order valence-electron chi connectivity index (χ0n) is 11.5. The summed E-state index contributed by atoms with van der Waals surface area (Å²) in [6, 6.07) is 1.46. The number of ether oxygens (including phenoxy) is 1. The van der Waals surface area contributed by atoms with Crippen molar-refractivity contribution < 1.29 is 4.74 Å². The molecule has 0 amide bonds. The summed E-state index contributed by atoms with van der Waals surface area (Å²) in [5.41, 5.74) is 0. The Bertz CT molecular complexity index is 214. The molecule has 100 valence electrons. The molecular formula is C14H28N2O. The monoisotopic (exact) mass is 240 g/mol. The standard InChI is InChI=1S/C14H28N2O/c1-3-6-15-13-5-4-12(2)11-14(13)16-7-9-17-10-8-16/h12-15H,3-11H2,1-2H3. The minimum absolute atomic E-state index is 0.712. The Morgan fingerprint density at radius 1 is 1.24 bits per heavy atom. The second kappa shape index (κ2) is 6.72. The summed E-state index contributed by atoms with van der Waals surface area (Å²) < 4.78 is 5.47. The molecule has 0 spiro atoms. The summed E-state index contributed by atoms with van der Waals surface area (Å²) in [4.78, 5) is 2.66. The Balaban J connectivity index is 1.92. The Kier molecular flexibility index (Phi) is 5.26. The number of nitrogens with zero attached hydrogens (tertiary/aromatic N) is 1. The highest BCUT2D eigenvalue weighted by molar-refractivity contribution is 4.90. The van der Waals surface area contributed by atoms with Gasteiger partial charge >= 0.3 is 0 Å². The third-order valence-corrected chi connectivity index (χ3v) is 4.25. The quantitative estimate of drug-likeness (QED) is 0.812. The maximum absolute atomic E-state index is 5.47. The van der Waals surface area contributed by atoms with Crippen molar-refractivity contribution in [2.24, 2.45) is 5.92 Å². The molecule has 3 atom stereocenters. The predicted octanol–water partition coefficient (Wildman–Crippen LogP) is 1.88. The lowest BCUT2D eigenvalue weighted by molar-refractivity contribution is -0.00581. The van der Waals surface area contributed by atoms with Crippen LogP contribution in [0.2, 0.25) is 0 Å². The minimum Gasteiger partial charge on any atom is -0.379 e. The molecule has 3 unspecified atom stereocenters. The van der Waals surface area contributed by atoms with Gasteiger partial charge in [-0.05, 0) is 38.1 Å². The third kappa shape index (κ3) is 3.67. The highest BCUT2D eigenvalue weighted by atomic mass is 16.5. The van der Waals surface area contributed by atoms with Crippen molar-refractivity contribution in [1.82, 2.24) is 10.2 Å². The molecule has 0 radical (unpaired) electrons. The molecule has 2 fully saturated rings. The van der Waals surface area contributed by atoms with Gasteiger partial charge in [-0.1, -0.05) is 13.8 Å². The van der Waals surface area contributed by atoms with Crippen LogP contribution < -0.4 is 5.32 Å². The maximum Gasteiger partial charge on any atom is 0.0594 e. The fraction of sp³-hybridized carbons (Fsp3) is 1.00. The topological polar surface area (TPSA) is 24.5 Å². The highest BCUT2D eigenvalue weighted by Gasteiger charge is 2.33. The largest absolute Gasteiger partial charge is 0.379 e. The van der Waals surface area contributed by atoms with E-state index in [1.165, 1.54) is 32.2 Å². The van der Waals surface area contributed by atoms with E-state index in [4.69, 9.17) is 4.74 Å². The Morgan fingerprint density at radius 2 is 2.00 bits per heavy atom. The van der Waals surface area contributed by atoms with Gasteiger partial charge in [-0.25, -0.2) is 0 Å². The van der Waals surface area contributed by atoms with Gasteiger partial charge < -0.3 is 10.1 Å². The van der Waals surface area contributed by atoms with Gasteiger partial charge in [0.2, 0.25) is 0 Å². The van der Waals surface area contributed by atoms with E-state index in [0.717, 1.165) is 38.3 Å². The molecule has 0 aromatic carbocycles. The van der Waals surface area contributed by atoms with E-state index in [2.05, 4.69) is 24.1 Å². The van der Waals surface area contributed by atoms with Crippen LogP contribution in [0.4, 0.5) is 0 Å². The van der Waals surface area contributed by atoms with Gasteiger partial charge in [0.1, 0.15) is 0 Å². The van der Waals surface area contributed by atoms with Crippen LogP contribution in [0.1, 0.15) is 39.5 Å². The Hall–Kier alpha value is -0.120. The first-order valence-electron chi connectivity index (χ1n) is 7.36. The highest BCUT2D eigenvalue weighted by Crippen LogP contribution is 2.28. The molecule has 3 heteroatoms. The van der Waals surface area contributed by atoms with Crippen molar-refractivity contribution in [2.45, 2.75) is 51.6 Å². The summed E-state index contributed by atoms with van der Waals surface area (Å²) in [6.45, 7) is 9.92. The first-order chi connectivity index (χ1) is 8.31. The molecule has 17 heavy (non-hydrogen) atoms. The molecule has 0 aromatic rings. The summed E-state index contributed by atoms with van der Waals surface area (Å²) in [6.07, 6.45) is 5.34. The molecule has 1 aliphatic heterocycles. The van der Waals surface area contributed by atoms with Gasteiger partial charge in [0, 0.05) is 25.2 Å². The SMILES string of the molecule is CCCNC1CCC(C)CC1N1CCOCC1. The smallest absolute Gasteiger partial charge is 0.0594 e. The number of morpholine rings is 1. The van der Waals surface area contributed by atoms with E-state index in [-0.39, 0.29) is 0 Å². The maximum atomic E-state index is 5.47. The minimum atomic E-state index is 0.712. The lowest BCUT2D eigenvalue weighted by Crippen LogP contribution is -2.56. The molecule has 1 aliphatic carbocycles. The zero-order valence-corrected chi connectivity index (χ0v) is 11.5. The van der Waals surface area contributed by atoms with E-state index >= 15 is 0 Å². The van der Waals surface area contributed by atoms with E-state index in [0.29, 0.717) is 6.04 Å². The van der Waals surface area contributed by atoms with Crippen LogP contribution in [0, 0.1) is 5.92 Å². The molecule has 3 nitrogen and oxygen atoms in total. The third-order valence-electron chi connectivity index (χ3n) is 4.25. The van der Waals surface area contributed by atoms with Crippen LogP contribution in [0.15, 0.2) is 0 Å². The fourth-order valence-corrected chi connectivity index (χ4v) is 3.23. The van der Waals surface area contributed by atoms with Crippen LogP contribution in [-0.4, -0.2) is 49.8 Å². The second-order valence-electron chi connectivity index (χ2n) is 5.69. The molecule has 1 heterocycles. The molecule has 1 N–H and O–H groups in total. The average Bonchev–Trinajstić information content (AvgIpc) is 2.38. The van der Waals surface area contributed by atoms with Crippen LogP contribution >= 0.6 is 0 Å². The second-order valence-corrected chi connectivity index (χ2v) is 5.69. The van der Waals surface area contributed by atoms with E-state index < -0.39 is 0 Å². The first-order valence-corrected chi connectivity index (χ1v) is 7.36. The molecular weight excluding hydrogens is 212 g/mol. The number of hydrogen-bond donors (Lipinski definition) is 1. The van der Waals surface area contributed by atoms with Gasteiger partial charge in [-0.15, -0.1) is 0 Å². The van der Waals surface area contributed by atoms with Crippen molar-refractivity contribution in [3.8, 4) is 0 Å². The molecule has 2 rings (SSSR count). The van der Waals surface area contributed by atoms with E-state index in [9.17, 15) is 0 Å². The Morgan fingerprint density at radius 3 is 2.71 bits per heavy atom. The van der Waals surface area contributed by atoms with Crippen LogP contribution in [0.5, 0.6) is 0 Å². The molecule has 1 saturated carbocycles. The number of rotatable bonds is 4. The molecule has 2 aliphatic rings. The number of nitrogens with one attached hydrogen (secondary N) is 1. The lowest BCUT2D eigenvalue weighted by Gasteiger charge is -2.44. The zero-order chi connectivity index (χ0) is 12.1. The van der Waals surface area contributed by atoms with Crippen molar-refractivity contribution in [3.05, 3.63) is 0 Å². The van der Waals surface area contributed by atoms with E-state index in [1.807, 2.05) is 0 Å². The normalized spacial score (nSPS) is 36.0. The van der Waals surface area contributed by atoms with Crippen molar-refractivity contribution >= 4 is 0 Å². The van der Waals surface area contributed by atoms with Crippen molar-refractivity contribution in [1.29, 1.82) is 0 Å². The summed E-state index contributed by atoms with van der Waals surface area (Å²) in [5.74, 6) is 0.891. The first kappa shape index (κ1) is 13.3. The van der Waals surface area contributed by atoms with Gasteiger partial charge in [0.05, 0.1) is 13.2 Å². The van der Waals surface area contributed by atoms with Gasteiger partial charge in [0.25, 0.3) is 0 Å². The molecule has 0 bridgehead atoms. The van der Waals surface area contributed by atoms with Crippen LogP contribution in [0.3, 0.4) is 0 Å². The van der Waals surface area contributed by atoms with Crippen molar-refractivity contribution in [2.75, 3.05) is 32.8 Å². The summed E-state index contributed by atoms with van der Waals surface area (Å²) in [5, 5.41) is 3.76. The van der Waals surface area contributed by atoms with E-state index in [1.54, 1.807) is 0 Å². The van der Waals surface area contributed by atoms with Gasteiger partial charge in [-0.2, -0.15) is 0 Å². The number of hydrogen-bond acceptors (Lipinski definition) is 3. The van der Waals surface area contributed by atoms with Gasteiger partial charge in [-0.3, -0.25) is 4.90 Å². The van der Waals surface area contributed by atoms with Crippen molar-refractivity contribution in [3.63, 3.8) is 0 Å². The van der Waals surface area contributed by atoms with Gasteiger partial charge in [0.15, 0.2) is 0 Å². The molecule has 1 saturated heterocycles. The predicted molar refractivity (Wildman–Crippen MR) is 71.3 cm³/mol. The average molecular weight is 240 g/mol.